The topological polar surface area (TPSA) is 76.9 Å². The van der Waals surface area contributed by atoms with Gasteiger partial charge < -0.3 is 21.2 Å². The standard InChI is InChI=1S/C18H27FN4O/c1-12(17(20)22-21)23-9-7-14(8-10-23)24-16-6-5-13(19)11-15(16)18(2,3)4/h5-6,11,14H,1,7-10,21H2,2-4H3,(H2,20,22). The third-order valence-corrected chi connectivity index (χ3v) is 4.30. The molecule has 1 fully saturated rings. The van der Waals surface area contributed by atoms with Crippen LogP contribution in [0.25, 0.3) is 0 Å². The summed E-state index contributed by atoms with van der Waals surface area (Å²) in [5.74, 6) is 5.96. The molecule has 0 spiro atoms. The van der Waals surface area contributed by atoms with Crippen molar-refractivity contribution in [1.29, 1.82) is 0 Å². The highest BCUT2D eigenvalue weighted by Crippen LogP contribution is 2.33. The molecule has 1 saturated heterocycles. The molecule has 1 aliphatic rings. The van der Waals surface area contributed by atoms with Gasteiger partial charge in [-0.1, -0.05) is 27.4 Å². The molecule has 0 bridgehead atoms. The van der Waals surface area contributed by atoms with E-state index >= 15 is 0 Å². The van der Waals surface area contributed by atoms with Crippen molar-refractivity contribution in [3.63, 3.8) is 0 Å². The normalized spacial score (nSPS) is 17.0. The Morgan fingerprint density at radius 2 is 1.96 bits per heavy atom. The van der Waals surface area contributed by atoms with Gasteiger partial charge in [-0.25, -0.2) is 4.39 Å². The Morgan fingerprint density at radius 3 is 2.50 bits per heavy atom. The number of hydrogen-bond donors (Lipinski definition) is 2. The van der Waals surface area contributed by atoms with E-state index in [1.807, 2.05) is 0 Å². The van der Waals surface area contributed by atoms with Crippen molar-refractivity contribution < 1.29 is 9.13 Å². The van der Waals surface area contributed by atoms with Crippen LogP contribution in [0.2, 0.25) is 0 Å². The molecular weight excluding hydrogens is 307 g/mol. The van der Waals surface area contributed by atoms with Gasteiger partial charge in [0, 0.05) is 31.5 Å². The first-order chi connectivity index (χ1) is 11.2. The third-order valence-electron chi connectivity index (χ3n) is 4.30. The van der Waals surface area contributed by atoms with Crippen LogP contribution in [0.1, 0.15) is 39.2 Å². The maximum Gasteiger partial charge on any atom is 0.166 e. The second kappa shape index (κ2) is 7.11. The fourth-order valence-corrected chi connectivity index (χ4v) is 2.85. The number of amidine groups is 1. The van der Waals surface area contributed by atoms with Crippen LogP contribution < -0.4 is 16.3 Å². The summed E-state index contributed by atoms with van der Waals surface area (Å²) < 4.78 is 19.8. The predicted octanol–water partition coefficient (Wildman–Crippen LogP) is 2.71. The Balaban J connectivity index is 2.04. The van der Waals surface area contributed by atoms with Crippen molar-refractivity contribution in [2.24, 2.45) is 16.7 Å². The number of nitrogens with two attached hydrogens (primary N) is 2. The van der Waals surface area contributed by atoms with Gasteiger partial charge in [0.25, 0.3) is 0 Å². The summed E-state index contributed by atoms with van der Waals surface area (Å²) in [5, 5.41) is 3.48. The highest BCUT2D eigenvalue weighted by Gasteiger charge is 2.25. The summed E-state index contributed by atoms with van der Waals surface area (Å²) >= 11 is 0. The van der Waals surface area contributed by atoms with E-state index in [-0.39, 0.29) is 23.2 Å². The first kappa shape index (κ1) is 18.1. The van der Waals surface area contributed by atoms with E-state index in [4.69, 9.17) is 16.3 Å². The molecule has 132 valence electrons. The SMILES string of the molecule is C=C(/C(N)=N/N)N1CCC(Oc2ccc(F)cc2C(C)(C)C)CC1. The van der Waals surface area contributed by atoms with Gasteiger partial charge in [0.05, 0.1) is 5.70 Å². The Hall–Kier alpha value is -2.24. The second-order valence-corrected chi connectivity index (χ2v) is 7.16. The fraction of sp³-hybridized carbons (Fsp3) is 0.500. The summed E-state index contributed by atoms with van der Waals surface area (Å²) in [5.41, 5.74) is 7.05. The van der Waals surface area contributed by atoms with Gasteiger partial charge in [-0.3, -0.25) is 0 Å². The zero-order valence-electron chi connectivity index (χ0n) is 14.7. The van der Waals surface area contributed by atoms with Crippen LogP contribution in [-0.4, -0.2) is 29.9 Å². The van der Waals surface area contributed by atoms with Crippen molar-refractivity contribution in [3.8, 4) is 5.75 Å². The zero-order valence-corrected chi connectivity index (χ0v) is 14.7. The Bertz CT molecular complexity index is 628. The fourth-order valence-electron chi connectivity index (χ4n) is 2.85. The van der Waals surface area contributed by atoms with E-state index in [1.54, 1.807) is 12.1 Å². The number of hydrogen-bond acceptors (Lipinski definition) is 4. The lowest BCUT2D eigenvalue weighted by molar-refractivity contribution is 0.118. The molecule has 5 nitrogen and oxygen atoms in total. The Morgan fingerprint density at radius 1 is 1.33 bits per heavy atom. The van der Waals surface area contributed by atoms with Crippen molar-refractivity contribution in [1.82, 2.24) is 4.90 Å². The number of piperidine rings is 1. The van der Waals surface area contributed by atoms with E-state index in [0.717, 1.165) is 37.2 Å². The number of ether oxygens (including phenoxy) is 1. The second-order valence-electron chi connectivity index (χ2n) is 7.16. The molecule has 4 N–H and O–H groups in total. The molecule has 0 amide bonds. The largest absolute Gasteiger partial charge is 0.490 e. The van der Waals surface area contributed by atoms with Crippen molar-refractivity contribution >= 4 is 5.84 Å². The molecule has 1 aliphatic heterocycles. The quantitative estimate of drug-likeness (QED) is 0.384. The summed E-state index contributed by atoms with van der Waals surface area (Å²) in [6.45, 7) is 11.6. The minimum Gasteiger partial charge on any atom is -0.490 e. The molecule has 0 atom stereocenters. The van der Waals surface area contributed by atoms with Gasteiger partial charge in [0.15, 0.2) is 5.84 Å². The van der Waals surface area contributed by atoms with Gasteiger partial charge in [-0.05, 0) is 23.6 Å². The van der Waals surface area contributed by atoms with Gasteiger partial charge in [-0.15, -0.1) is 0 Å². The minimum atomic E-state index is -0.241. The summed E-state index contributed by atoms with van der Waals surface area (Å²) in [7, 11) is 0. The lowest BCUT2D eigenvalue weighted by Crippen LogP contribution is -2.41. The number of benzene rings is 1. The van der Waals surface area contributed by atoms with Crippen LogP contribution in [0.4, 0.5) is 4.39 Å². The number of halogens is 1. The van der Waals surface area contributed by atoms with E-state index in [1.165, 1.54) is 6.07 Å². The highest BCUT2D eigenvalue weighted by molar-refractivity contribution is 5.95. The molecule has 1 heterocycles. The minimum absolute atomic E-state index is 0.0802. The van der Waals surface area contributed by atoms with Crippen LogP contribution in [0.3, 0.4) is 0 Å². The van der Waals surface area contributed by atoms with Crippen molar-refractivity contribution in [2.45, 2.75) is 45.1 Å². The average molecular weight is 334 g/mol. The first-order valence-electron chi connectivity index (χ1n) is 8.16. The van der Waals surface area contributed by atoms with E-state index in [0.29, 0.717) is 5.70 Å². The van der Waals surface area contributed by atoms with E-state index in [2.05, 4.69) is 37.4 Å². The van der Waals surface area contributed by atoms with Crippen LogP contribution in [0.5, 0.6) is 5.75 Å². The summed E-state index contributed by atoms with van der Waals surface area (Å²) in [4.78, 5) is 2.06. The smallest absolute Gasteiger partial charge is 0.166 e. The van der Waals surface area contributed by atoms with Crippen LogP contribution in [-0.2, 0) is 5.41 Å². The van der Waals surface area contributed by atoms with Crippen molar-refractivity contribution in [2.75, 3.05) is 13.1 Å². The molecule has 2 rings (SSSR count). The number of likely N-dealkylation sites (tertiary alicyclic amines) is 1. The molecule has 0 aromatic heterocycles. The molecule has 1 aromatic rings. The van der Waals surface area contributed by atoms with Crippen molar-refractivity contribution in [3.05, 3.63) is 41.9 Å². The highest BCUT2D eigenvalue weighted by atomic mass is 19.1. The lowest BCUT2D eigenvalue weighted by Gasteiger charge is -2.35. The van der Waals surface area contributed by atoms with Gasteiger partial charge in [0.1, 0.15) is 17.7 Å². The first-order valence-corrected chi connectivity index (χ1v) is 8.16. The monoisotopic (exact) mass is 334 g/mol. The molecule has 0 unspecified atom stereocenters. The molecule has 0 saturated carbocycles. The van der Waals surface area contributed by atoms with E-state index < -0.39 is 0 Å². The maximum atomic E-state index is 13.6. The predicted molar refractivity (Wildman–Crippen MR) is 95.3 cm³/mol. The molecular formula is C18H27FN4O. The zero-order chi connectivity index (χ0) is 17.9. The molecule has 0 aliphatic carbocycles. The van der Waals surface area contributed by atoms with Crippen LogP contribution in [0, 0.1) is 5.82 Å². The summed E-state index contributed by atoms with van der Waals surface area (Å²) in [6.07, 6.45) is 1.74. The van der Waals surface area contributed by atoms with Gasteiger partial charge in [0.2, 0.25) is 0 Å². The molecule has 1 aromatic carbocycles. The third kappa shape index (κ3) is 4.19. The number of hydrazone groups is 1. The molecule has 24 heavy (non-hydrogen) atoms. The average Bonchev–Trinajstić information content (AvgIpc) is 2.55. The van der Waals surface area contributed by atoms with Gasteiger partial charge >= 0.3 is 0 Å². The Labute approximate surface area is 143 Å². The van der Waals surface area contributed by atoms with Crippen LogP contribution >= 0.6 is 0 Å². The van der Waals surface area contributed by atoms with E-state index in [9.17, 15) is 4.39 Å². The summed E-state index contributed by atoms with van der Waals surface area (Å²) in [6, 6.07) is 4.73. The lowest BCUT2D eigenvalue weighted by atomic mass is 9.86. The Kier molecular flexibility index (Phi) is 5.36. The van der Waals surface area contributed by atoms with Gasteiger partial charge in [-0.2, -0.15) is 5.10 Å². The number of nitrogens with zero attached hydrogens (tertiary/aromatic N) is 2. The molecule has 6 heteroatoms. The molecule has 0 radical (unpaired) electrons. The number of rotatable bonds is 4. The van der Waals surface area contributed by atoms with Crippen LogP contribution in [0.15, 0.2) is 35.6 Å². The maximum absolute atomic E-state index is 13.6.